The van der Waals surface area contributed by atoms with E-state index in [1.165, 1.54) is 0 Å². The maximum Gasteiger partial charge on any atom is 0.317 e. The van der Waals surface area contributed by atoms with Crippen molar-refractivity contribution in [2.75, 3.05) is 13.1 Å². The van der Waals surface area contributed by atoms with E-state index in [1.54, 1.807) is 0 Å². The van der Waals surface area contributed by atoms with Gasteiger partial charge in [-0.2, -0.15) is 0 Å². The number of aryl methyl sites for hydroxylation is 2. The van der Waals surface area contributed by atoms with Gasteiger partial charge < -0.3 is 10.4 Å². The van der Waals surface area contributed by atoms with Crippen LogP contribution in [0.2, 0.25) is 0 Å². The van der Waals surface area contributed by atoms with E-state index in [1.807, 2.05) is 24.8 Å². The van der Waals surface area contributed by atoms with E-state index in [4.69, 9.17) is 10.1 Å². The molecule has 29 heavy (non-hydrogen) atoms. The Balaban J connectivity index is 1.53. The molecule has 0 bridgehead atoms. The Morgan fingerprint density at radius 3 is 2.55 bits per heavy atom. The molecule has 0 spiro atoms. The normalized spacial score (nSPS) is 21.2. The number of hydrogen-bond donors (Lipinski definition) is 2. The minimum Gasteiger partial charge on any atom is -0.480 e. The lowest BCUT2D eigenvalue weighted by Crippen LogP contribution is -2.54. The van der Waals surface area contributed by atoms with E-state index in [2.05, 4.69) is 24.4 Å². The van der Waals surface area contributed by atoms with Crippen molar-refractivity contribution in [2.24, 2.45) is 0 Å². The van der Waals surface area contributed by atoms with Crippen LogP contribution in [-0.4, -0.2) is 52.0 Å². The van der Waals surface area contributed by atoms with Crippen molar-refractivity contribution in [3.05, 3.63) is 40.6 Å². The molecule has 0 saturated heterocycles. The highest BCUT2D eigenvalue weighted by molar-refractivity contribution is 6.07. The van der Waals surface area contributed by atoms with Crippen LogP contribution in [0.5, 0.6) is 0 Å². The minimum absolute atomic E-state index is 0.0472. The number of carbonyl (C=O) groups excluding carboxylic acids is 1. The molecule has 1 aromatic heterocycles. The lowest BCUT2D eigenvalue weighted by Gasteiger charge is -2.42. The SMILES string of the molecule is CCN(CC(=O)O)C1CC(NC(=O)c2cc(C3CC3)nc3c(C)cc(C)cc23)C1. The summed E-state index contributed by atoms with van der Waals surface area (Å²) in [6.07, 6.45) is 3.88. The smallest absolute Gasteiger partial charge is 0.317 e. The molecule has 154 valence electrons. The van der Waals surface area contributed by atoms with Crippen LogP contribution in [-0.2, 0) is 4.79 Å². The van der Waals surface area contributed by atoms with Gasteiger partial charge in [0.15, 0.2) is 0 Å². The number of carboxylic acid groups (broad SMARTS) is 1. The molecule has 0 unspecified atom stereocenters. The summed E-state index contributed by atoms with van der Waals surface area (Å²) in [6, 6.07) is 6.46. The van der Waals surface area contributed by atoms with Gasteiger partial charge in [0.25, 0.3) is 5.91 Å². The quantitative estimate of drug-likeness (QED) is 0.751. The summed E-state index contributed by atoms with van der Waals surface area (Å²) in [4.78, 5) is 31.0. The molecule has 2 aliphatic rings. The summed E-state index contributed by atoms with van der Waals surface area (Å²) in [7, 11) is 0. The third-order valence-electron chi connectivity index (χ3n) is 6.22. The zero-order valence-electron chi connectivity index (χ0n) is 17.4. The number of carbonyl (C=O) groups is 2. The maximum absolute atomic E-state index is 13.2. The van der Waals surface area contributed by atoms with Crippen LogP contribution in [0.25, 0.3) is 10.9 Å². The Bertz CT molecular complexity index is 961. The summed E-state index contributed by atoms with van der Waals surface area (Å²) < 4.78 is 0. The number of hydrogen-bond acceptors (Lipinski definition) is 4. The molecule has 2 aliphatic carbocycles. The Labute approximate surface area is 171 Å². The third-order valence-corrected chi connectivity index (χ3v) is 6.22. The maximum atomic E-state index is 13.2. The highest BCUT2D eigenvalue weighted by atomic mass is 16.4. The van der Waals surface area contributed by atoms with E-state index < -0.39 is 5.97 Å². The third kappa shape index (κ3) is 4.13. The van der Waals surface area contributed by atoms with Gasteiger partial charge in [0.2, 0.25) is 0 Å². The molecule has 4 rings (SSSR count). The van der Waals surface area contributed by atoms with Crippen LogP contribution in [0.15, 0.2) is 18.2 Å². The second-order valence-corrected chi connectivity index (χ2v) is 8.60. The Hall–Kier alpha value is -2.47. The lowest BCUT2D eigenvalue weighted by molar-refractivity contribution is -0.139. The zero-order chi connectivity index (χ0) is 20.7. The van der Waals surface area contributed by atoms with Crippen LogP contribution in [0.1, 0.15) is 65.7 Å². The van der Waals surface area contributed by atoms with Crippen molar-refractivity contribution in [3.63, 3.8) is 0 Å². The van der Waals surface area contributed by atoms with Gasteiger partial charge in [0.05, 0.1) is 17.6 Å². The molecule has 0 aliphatic heterocycles. The van der Waals surface area contributed by atoms with Gasteiger partial charge in [-0.15, -0.1) is 0 Å². The number of aliphatic carboxylic acids is 1. The van der Waals surface area contributed by atoms with Gasteiger partial charge in [0.1, 0.15) is 0 Å². The van der Waals surface area contributed by atoms with Gasteiger partial charge in [0, 0.05) is 29.1 Å². The van der Waals surface area contributed by atoms with E-state index in [9.17, 15) is 9.59 Å². The number of nitrogens with one attached hydrogen (secondary N) is 1. The van der Waals surface area contributed by atoms with Crippen LogP contribution >= 0.6 is 0 Å². The van der Waals surface area contributed by atoms with Crippen molar-refractivity contribution in [1.82, 2.24) is 15.2 Å². The standard InChI is InChI=1S/C23H29N3O3/c1-4-26(12-21(27)28)17-9-16(10-17)24-23(29)19-11-20(15-5-6-15)25-22-14(3)7-13(2)8-18(19)22/h7-8,11,15-17H,4-6,9-10,12H2,1-3H3,(H,24,29)(H,27,28). The highest BCUT2D eigenvalue weighted by Gasteiger charge is 2.35. The number of aromatic nitrogens is 1. The van der Waals surface area contributed by atoms with Gasteiger partial charge in [-0.05, 0) is 63.8 Å². The summed E-state index contributed by atoms with van der Waals surface area (Å²) in [6.45, 7) is 6.83. The molecule has 0 atom stereocenters. The number of rotatable bonds is 7. The summed E-state index contributed by atoms with van der Waals surface area (Å²) in [5, 5.41) is 13.1. The number of likely N-dealkylation sites (N-methyl/N-ethyl adjacent to an activating group) is 1. The predicted octanol–water partition coefficient (Wildman–Crippen LogP) is 3.40. The monoisotopic (exact) mass is 395 g/mol. The van der Waals surface area contributed by atoms with Crippen molar-refractivity contribution in [1.29, 1.82) is 0 Å². The second-order valence-electron chi connectivity index (χ2n) is 8.60. The molecule has 2 N–H and O–H groups in total. The molecule has 6 heteroatoms. The summed E-state index contributed by atoms with van der Waals surface area (Å²) in [5.41, 5.74) is 4.90. The van der Waals surface area contributed by atoms with Crippen molar-refractivity contribution in [2.45, 2.75) is 64.5 Å². The largest absolute Gasteiger partial charge is 0.480 e. The fourth-order valence-electron chi connectivity index (χ4n) is 4.42. The van der Waals surface area contributed by atoms with Gasteiger partial charge in [-0.25, -0.2) is 0 Å². The lowest BCUT2D eigenvalue weighted by atomic mass is 9.85. The fourth-order valence-corrected chi connectivity index (χ4v) is 4.42. The molecular weight excluding hydrogens is 366 g/mol. The van der Waals surface area contributed by atoms with Gasteiger partial charge >= 0.3 is 5.97 Å². The van der Waals surface area contributed by atoms with Gasteiger partial charge in [-0.1, -0.05) is 18.6 Å². The first kappa shape index (κ1) is 19.8. The molecule has 2 saturated carbocycles. The number of carboxylic acids is 1. The molecular formula is C23H29N3O3. The molecule has 0 radical (unpaired) electrons. The molecule has 1 aromatic carbocycles. The Morgan fingerprint density at radius 2 is 1.93 bits per heavy atom. The van der Waals surface area contributed by atoms with E-state index >= 15 is 0 Å². The van der Waals surface area contributed by atoms with E-state index in [0.717, 1.165) is 53.4 Å². The van der Waals surface area contributed by atoms with Crippen LogP contribution < -0.4 is 5.32 Å². The summed E-state index contributed by atoms with van der Waals surface area (Å²) in [5.74, 6) is -0.371. The fraction of sp³-hybridized carbons (Fsp3) is 0.522. The Kier molecular flexibility index (Phi) is 5.30. The van der Waals surface area contributed by atoms with Crippen molar-refractivity contribution in [3.8, 4) is 0 Å². The molecule has 2 fully saturated rings. The first-order valence-electron chi connectivity index (χ1n) is 10.5. The zero-order valence-corrected chi connectivity index (χ0v) is 17.4. The molecule has 1 amide bonds. The topological polar surface area (TPSA) is 82.5 Å². The number of fused-ring (bicyclic) bond motifs is 1. The average Bonchev–Trinajstić information content (AvgIpc) is 3.46. The second kappa shape index (κ2) is 7.75. The predicted molar refractivity (Wildman–Crippen MR) is 112 cm³/mol. The highest BCUT2D eigenvalue weighted by Crippen LogP contribution is 2.40. The van der Waals surface area contributed by atoms with Crippen LogP contribution in [0.3, 0.4) is 0 Å². The van der Waals surface area contributed by atoms with Crippen LogP contribution in [0.4, 0.5) is 0 Å². The average molecular weight is 396 g/mol. The molecule has 1 heterocycles. The van der Waals surface area contributed by atoms with E-state index in [0.29, 0.717) is 18.0 Å². The number of pyridine rings is 1. The first-order valence-corrected chi connectivity index (χ1v) is 10.5. The van der Waals surface area contributed by atoms with Crippen molar-refractivity contribution < 1.29 is 14.7 Å². The number of nitrogens with zero attached hydrogens (tertiary/aromatic N) is 2. The number of benzene rings is 1. The first-order chi connectivity index (χ1) is 13.9. The van der Waals surface area contributed by atoms with Gasteiger partial charge in [-0.3, -0.25) is 19.5 Å². The van der Waals surface area contributed by atoms with Crippen molar-refractivity contribution >= 4 is 22.8 Å². The summed E-state index contributed by atoms with van der Waals surface area (Å²) >= 11 is 0. The minimum atomic E-state index is -0.805. The molecule has 6 nitrogen and oxygen atoms in total. The van der Waals surface area contributed by atoms with E-state index in [-0.39, 0.29) is 24.5 Å². The Morgan fingerprint density at radius 1 is 1.21 bits per heavy atom. The molecule has 2 aromatic rings. The van der Waals surface area contributed by atoms with Crippen LogP contribution in [0, 0.1) is 13.8 Å². The number of amides is 1.